The van der Waals surface area contributed by atoms with Crippen molar-refractivity contribution in [2.45, 2.75) is 42.6 Å². The monoisotopic (exact) mass is 266 g/mol. The first-order valence-electron chi connectivity index (χ1n) is 6.59. The topological polar surface area (TPSA) is 54.4 Å². The van der Waals surface area contributed by atoms with Crippen LogP contribution in [0.4, 0.5) is 0 Å². The van der Waals surface area contributed by atoms with Gasteiger partial charge in [0.05, 0.1) is 16.2 Å². The van der Waals surface area contributed by atoms with E-state index in [9.17, 15) is 13.5 Å². The molecular weight excluding hydrogens is 248 g/mol. The van der Waals surface area contributed by atoms with E-state index in [0.717, 1.165) is 25.7 Å². The normalized spacial score (nSPS) is 31.2. The third kappa shape index (κ3) is 1.70. The first-order chi connectivity index (χ1) is 8.54. The van der Waals surface area contributed by atoms with Gasteiger partial charge in [-0.3, -0.25) is 0 Å². The Labute approximate surface area is 108 Å². The Bertz CT molecular complexity index is 558. The van der Waals surface area contributed by atoms with Crippen LogP contribution >= 0.6 is 0 Å². The number of rotatable bonds is 1. The van der Waals surface area contributed by atoms with Gasteiger partial charge in [0.2, 0.25) is 0 Å². The summed E-state index contributed by atoms with van der Waals surface area (Å²) in [6.07, 6.45) is 4.64. The Morgan fingerprint density at radius 1 is 1.17 bits per heavy atom. The predicted molar refractivity (Wildman–Crippen MR) is 69.0 cm³/mol. The lowest BCUT2D eigenvalue weighted by atomic mass is 9.78. The summed E-state index contributed by atoms with van der Waals surface area (Å²) in [5.74, 6) is 0.283. The molecule has 1 aromatic carbocycles. The highest BCUT2D eigenvalue weighted by Crippen LogP contribution is 2.47. The molecule has 0 saturated heterocycles. The Morgan fingerprint density at radius 3 is 2.56 bits per heavy atom. The van der Waals surface area contributed by atoms with Crippen molar-refractivity contribution in [1.29, 1.82) is 0 Å². The van der Waals surface area contributed by atoms with E-state index in [1.807, 2.05) is 6.07 Å². The van der Waals surface area contributed by atoms with Crippen LogP contribution in [0.3, 0.4) is 0 Å². The Morgan fingerprint density at radius 2 is 1.83 bits per heavy atom. The molecule has 1 aromatic rings. The summed E-state index contributed by atoms with van der Waals surface area (Å²) in [6, 6.07) is 6.96. The molecule has 0 spiro atoms. The van der Waals surface area contributed by atoms with Gasteiger partial charge in [-0.15, -0.1) is 0 Å². The first kappa shape index (κ1) is 12.2. The smallest absolute Gasteiger partial charge is 0.178 e. The van der Waals surface area contributed by atoms with Crippen LogP contribution in [0.25, 0.3) is 0 Å². The fraction of sp³-hybridized carbons (Fsp3) is 0.571. The van der Waals surface area contributed by atoms with E-state index in [-0.39, 0.29) is 11.7 Å². The van der Waals surface area contributed by atoms with E-state index in [0.29, 0.717) is 16.9 Å². The van der Waals surface area contributed by atoms with Crippen LogP contribution in [0.5, 0.6) is 0 Å². The van der Waals surface area contributed by atoms with E-state index in [2.05, 4.69) is 0 Å². The van der Waals surface area contributed by atoms with Gasteiger partial charge < -0.3 is 5.11 Å². The maximum absolute atomic E-state index is 12.1. The molecule has 98 valence electrons. The van der Waals surface area contributed by atoms with Gasteiger partial charge in [0.25, 0.3) is 0 Å². The summed E-state index contributed by atoms with van der Waals surface area (Å²) in [6.45, 7) is 0. The average Bonchev–Trinajstić information content (AvgIpc) is 2.89. The molecule has 0 aromatic heterocycles. The number of benzene rings is 1. The Kier molecular flexibility index (Phi) is 2.75. The fourth-order valence-corrected chi connectivity index (χ4v) is 5.12. The molecule has 1 aliphatic carbocycles. The van der Waals surface area contributed by atoms with Crippen LogP contribution in [0, 0.1) is 5.92 Å². The van der Waals surface area contributed by atoms with Crippen molar-refractivity contribution < 1.29 is 13.5 Å². The maximum atomic E-state index is 12.1. The van der Waals surface area contributed by atoms with Crippen molar-refractivity contribution in [2.24, 2.45) is 5.92 Å². The number of aliphatic hydroxyl groups is 1. The minimum Gasteiger partial charge on any atom is -0.385 e. The molecule has 1 unspecified atom stereocenters. The zero-order chi connectivity index (χ0) is 12.8. The number of fused-ring (bicyclic) bond motifs is 1. The third-order valence-electron chi connectivity index (χ3n) is 4.47. The van der Waals surface area contributed by atoms with Crippen molar-refractivity contribution in [3.63, 3.8) is 0 Å². The lowest BCUT2D eigenvalue weighted by Gasteiger charge is -2.39. The summed E-state index contributed by atoms with van der Waals surface area (Å²) in [5.41, 5.74) is -0.304. The van der Waals surface area contributed by atoms with E-state index in [1.54, 1.807) is 18.2 Å². The minimum atomic E-state index is -3.20. The molecule has 1 fully saturated rings. The van der Waals surface area contributed by atoms with Crippen molar-refractivity contribution >= 4 is 9.84 Å². The lowest BCUT2D eigenvalue weighted by Crippen LogP contribution is -2.40. The molecule has 0 radical (unpaired) electrons. The molecular formula is C14H18O3S. The summed E-state index contributed by atoms with van der Waals surface area (Å²) < 4.78 is 24.1. The molecule has 1 heterocycles. The van der Waals surface area contributed by atoms with Gasteiger partial charge in [-0.1, -0.05) is 31.0 Å². The Balaban J connectivity index is 2.14. The van der Waals surface area contributed by atoms with E-state index in [4.69, 9.17) is 0 Å². The molecule has 4 heteroatoms. The second-order valence-electron chi connectivity index (χ2n) is 5.47. The van der Waals surface area contributed by atoms with Crippen LogP contribution in [-0.2, 0) is 15.4 Å². The highest BCUT2D eigenvalue weighted by atomic mass is 32.2. The van der Waals surface area contributed by atoms with Crippen LogP contribution in [0.15, 0.2) is 29.2 Å². The van der Waals surface area contributed by atoms with Crippen LogP contribution in [0.2, 0.25) is 0 Å². The third-order valence-corrected chi connectivity index (χ3v) is 6.24. The van der Waals surface area contributed by atoms with Crippen molar-refractivity contribution in [2.75, 3.05) is 5.75 Å². The highest BCUT2D eigenvalue weighted by Gasteiger charge is 2.46. The molecule has 1 saturated carbocycles. The van der Waals surface area contributed by atoms with Crippen molar-refractivity contribution in [3.05, 3.63) is 29.8 Å². The zero-order valence-corrected chi connectivity index (χ0v) is 11.1. The second kappa shape index (κ2) is 4.07. The van der Waals surface area contributed by atoms with Crippen molar-refractivity contribution in [3.8, 4) is 0 Å². The van der Waals surface area contributed by atoms with Gasteiger partial charge in [0, 0.05) is 5.56 Å². The second-order valence-corrected chi connectivity index (χ2v) is 7.55. The highest BCUT2D eigenvalue weighted by molar-refractivity contribution is 7.91. The molecule has 0 bridgehead atoms. The van der Waals surface area contributed by atoms with Crippen molar-refractivity contribution in [1.82, 2.24) is 0 Å². The van der Waals surface area contributed by atoms with E-state index >= 15 is 0 Å². The molecule has 18 heavy (non-hydrogen) atoms. The number of hydrogen-bond acceptors (Lipinski definition) is 3. The number of hydrogen-bond donors (Lipinski definition) is 1. The van der Waals surface area contributed by atoms with Gasteiger partial charge >= 0.3 is 0 Å². The summed E-state index contributed by atoms with van der Waals surface area (Å²) in [5, 5.41) is 11.0. The summed E-state index contributed by atoms with van der Waals surface area (Å²) in [7, 11) is -3.20. The van der Waals surface area contributed by atoms with Crippen LogP contribution < -0.4 is 0 Å². The van der Waals surface area contributed by atoms with E-state index < -0.39 is 15.4 Å². The quantitative estimate of drug-likeness (QED) is 0.848. The molecule has 3 nitrogen and oxygen atoms in total. The Hall–Kier alpha value is -0.870. The largest absolute Gasteiger partial charge is 0.385 e. The van der Waals surface area contributed by atoms with Gasteiger partial charge in [0.15, 0.2) is 9.84 Å². The van der Waals surface area contributed by atoms with Gasteiger partial charge in [0.1, 0.15) is 0 Å². The average molecular weight is 266 g/mol. The molecule has 2 aliphatic rings. The SMILES string of the molecule is O=S1(=O)CCC(O)(C2CCCC2)c2ccccc21. The zero-order valence-electron chi connectivity index (χ0n) is 10.3. The molecule has 1 atom stereocenters. The first-order valence-corrected chi connectivity index (χ1v) is 8.24. The van der Waals surface area contributed by atoms with Crippen LogP contribution in [0.1, 0.15) is 37.7 Å². The molecule has 3 rings (SSSR count). The maximum Gasteiger partial charge on any atom is 0.178 e. The molecule has 1 N–H and O–H groups in total. The fourth-order valence-electron chi connectivity index (χ4n) is 3.46. The summed E-state index contributed by atoms with van der Waals surface area (Å²) >= 11 is 0. The molecule has 0 amide bonds. The lowest BCUT2D eigenvalue weighted by molar-refractivity contribution is -0.0294. The molecule has 1 aliphatic heterocycles. The van der Waals surface area contributed by atoms with Gasteiger partial charge in [-0.05, 0) is 31.2 Å². The summed E-state index contributed by atoms with van der Waals surface area (Å²) in [4.78, 5) is 0.339. The standard InChI is InChI=1S/C14H18O3S/c15-14(11-5-1-2-6-11)9-10-18(16,17)13-8-4-3-7-12(13)14/h3-4,7-8,11,15H,1-2,5-6,9-10H2. The van der Waals surface area contributed by atoms with Gasteiger partial charge in [-0.2, -0.15) is 0 Å². The number of sulfone groups is 1. The van der Waals surface area contributed by atoms with Crippen LogP contribution in [-0.4, -0.2) is 19.3 Å². The minimum absolute atomic E-state index is 0.0665. The predicted octanol–water partition coefficient (Wildman–Crippen LogP) is 2.24. The van der Waals surface area contributed by atoms with Gasteiger partial charge in [-0.25, -0.2) is 8.42 Å². The van der Waals surface area contributed by atoms with E-state index in [1.165, 1.54) is 0 Å².